The van der Waals surface area contributed by atoms with E-state index in [0.29, 0.717) is 23.0 Å². The van der Waals surface area contributed by atoms with Crippen LogP contribution in [0.2, 0.25) is 0 Å². The fourth-order valence-corrected chi connectivity index (χ4v) is 6.49. The van der Waals surface area contributed by atoms with Gasteiger partial charge in [0, 0.05) is 27.5 Å². The van der Waals surface area contributed by atoms with E-state index >= 15 is 0 Å². The normalized spacial score (nSPS) is 11.2. The third kappa shape index (κ3) is 5.18. The molecule has 9 aromatic rings. The molecule has 5 nitrogen and oxygen atoms in total. The van der Waals surface area contributed by atoms with Gasteiger partial charge in [-0.15, -0.1) is 0 Å². The summed E-state index contributed by atoms with van der Waals surface area (Å²) in [5.74, 6) is 1.73. The van der Waals surface area contributed by atoms with Gasteiger partial charge in [-0.05, 0) is 69.4 Å². The predicted molar refractivity (Wildman–Crippen MR) is 197 cm³/mol. The van der Waals surface area contributed by atoms with Crippen LogP contribution in [0.4, 0.5) is 0 Å². The Labute approximate surface area is 282 Å². The highest BCUT2D eigenvalue weighted by molar-refractivity contribution is 6.13. The number of furan rings is 1. The topological polar surface area (TPSA) is 75.6 Å². The van der Waals surface area contributed by atoms with E-state index in [-0.39, 0.29) is 0 Å². The van der Waals surface area contributed by atoms with E-state index < -0.39 is 0 Å². The summed E-state index contributed by atoms with van der Waals surface area (Å²) in [4.78, 5) is 14.8. The molecule has 0 amide bonds. The largest absolute Gasteiger partial charge is 0.456 e. The van der Waals surface area contributed by atoms with E-state index in [1.807, 2.05) is 97.1 Å². The van der Waals surface area contributed by atoms with Crippen LogP contribution < -0.4 is 0 Å². The molecule has 228 valence electrons. The summed E-state index contributed by atoms with van der Waals surface area (Å²) in [5, 5.41) is 13.9. The van der Waals surface area contributed by atoms with Crippen molar-refractivity contribution in [1.29, 1.82) is 5.26 Å². The Morgan fingerprint density at radius 2 is 1.06 bits per heavy atom. The molecule has 0 radical (unpaired) electrons. The number of fused-ring (bicyclic) bond motifs is 4. The van der Waals surface area contributed by atoms with Gasteiger partial charge in [0.2, 0.25) is 0 Å². The van der Waals surface area contributed by atoms with Crippen molar-refractivity contribution in [2.75, 3.05) is 0 Å². The Balaban J connectivity index is 1.15. The summed E-state index contributed by atoms with van der Waals surface area (Å²) in [5.41, 5.74) is 9.11. The smallest absolute Gasteiger partial charge is 0.164 e. The molecule has 0 fully saturated rings. The molecule has 0 spiro atoms. The first-order valence-corrected chi connectivity index (χ1v) is 16.1. The second-order valence-electron chi connectivity index (χ2n) is 12.0. The summed E-state index contributed by atoms with van der Waals surface area (Å²) in [6.07, 6.45) is 0. The molecule has 0 aliphatic carbocycles. The zero-order chi connectivity index (χ0) is 32.7. The summed E-state index contributed by atoms with van der Waals surface area (Å²) >= 11 is 0. The van der Waals surface area contributed by atoms with Gasteiger partial charge in [-0.1, -0.05) is 121 Å². The maximum Gasteiger partial charge on any atom is 0.164 e. The number of nitriles is 1. The fraction of sp³-hybridized carbons (Fsp3) is 0. The van der Waals surface area contributed by atoms with Gasteiger partial charge < -0.3 is 4.42 Å². The van der Waals surface area contributed by atoms with Gasteiger partial charge in [0.15, 0.2) is 17.5 Å². The van der Waals surface area contributed by atoms with E-state index in [1.165, 1.54) is 10.8 Å². The minimum absolute atomic E-state index is 0.562. The minimum atomic E-state index is 0.562. The molecule has 0 unspecified atom stereocenters. The van der Waals surface area contributed by atoms with E-state index in [9.17, 15) is 5.26 Å². The number of hydrogen-bond donors (Lipinski definition) is 0. The van der Waals surface area contributed by atoms with E-state index in [4.69, 9.17) is 19.4 Å². The van der Waals surface area contributed by atoms with Gasteiger partial charge >= 0.3 is 0 Å². The van der Waals surface area contributed by atoms with Gasteiger partial charge in [0.05, 0.1) is 11.6 Å². The molecular weight excluding hydrogens is 601 g/mol. The molecule has 2 heterocycles. The summed E-state index contributed by atoms with van der Waals surface area (Å²) in [6, 6.07) is 55.3. The first-order chi connectivity index (χ1) is 24.2. The Hall–Kier alpha value is -6.90. The maximum atomic E-state index is 9.35. The quantitative estimate of drug-likeness (QED) is 0.190. The molecular formula is C44H26N4O. The van der Waals surface area contributed by atoms with Crippen molar-refractivity contribution in [2.24, 2.45) is 0 Å². The standard InChI is InChI=1S/C44H26N4O/c45-27-28-8-6-13-33(24-28)30-16-19-32(20-17-30)43-46-42(31-10-2-1-3-11-31)47-44(48-43)36-22-23-38-40(26-36)49-39-15-7-14-37(41(38)39)35-21-18-29-9-4-5-12-34(29)25-35/h1-26H. The first-order valence-electron chi connectivity index (χ1n) is 16.1. The number of benzene rings is 7. The van der Waals surface area contributed by atoms with Crippen molar-refractivity contribution < 1.29 is 4.42 Å². The molecule has 0 N–H and O–H groups in total. The van der Waals surface area contributed by atoms with Crippen molar-refractivity contribution in [3.8, 4) is 62.5 Å². The van der Waals surface area contributed by atoms with Gasteiger partial charge in [0.1, 0.15) is 11.2 Å². The molecule has 0 bridgehead atoms. The van der Waals surface area contributed by atoms with Crippen LogP contribution in [0.5, 0.6) is 0 Å². The zero-order valence-corrected chi connectivity index (χ0v) is 26.2. The van der Waals surface area contributed by atoms with Crippen molar-refractivity contribution in [2.45, 2.75) is 0 Å². The van der Waals surface area contributed by atoms with Crippen LogP contribution in [0.25, 0.3) is 89.1 Å². The molecule has 7 aromatic carbocycles. The van der Waals surface area contributed by atoms with Crippen molar-refractivity contribution in [3.05, 3.63) is 163 Å². The molecule has 0 atom stereocenters. The average Bonchev–Trinajstić information content (AvgIpc) is 3.56. The van der Waals surface area contributed by atoms with Gasteiger partial charge in [0.25, 0.3) is 0 Å². The Morgan fingerprint density at radius 1 is 0.429 bits per heavy atom. The third-order valence-electron chi connectivity index (χ3n) is 8.95. The second-order valence-corrected chi connectivity index (χ2v) is 12.0. The molecule has 9 rings (SSSR count). The number of aromatic nitrogens is 3. The Bertz CT molecular complexity index is 2720. The number of nitrogens with zero attached hydrogens (tertiary/aromatic N) is 4. The molecule has 0 aliphatic heterocycles. The monoisotopic (exact) mass is 626 g/mol. The van der Waals surface area contributed by atoms with Crippen LogP contribution in [-0.2, 0) is 0 Å². The van der Waals surface area contributed by atoms with Gasteiger partial charge in [-0.25, -0.2) is 15.0 Å². The SMILES string of the molecule is N#Cc1cccc(-c2ccc(-c3nc(-c4ccccc4)nc(-c4ccc5c(c4)oc4cccc(-c6ccc7ccccc7c6)c45)n3)cc2)c1. The van der Waals surface area contributed by atoms with E-state index in [2.05, 4.69) is 66.7 Å². The fourth-order valence-electron chi connectivity index (χ4n) is 6.49. The maximum absolute atomic E-state index is 9.35. The molecule has 0 aliphatic rings. The summed E-state index contributed by atoms with van der Waals surface area (Å²) in [6.45, 7) is 0. The number of hydrogen-bond acceptors (Lipinski definition) is 5. The lowest BCUT2D eigenvalue weighted by molar-refractivity contribution is 0.669. The van der Waals surface area contributed by atoms with Crippen LogP contribution in [-0.4, -0.2) is 15.0 Å². The highest BCUT2D eigenvalue weighted by Gasteiger charge is 2.17. The van der Waals surface area contributed by atoms with Crippen LogP contribution in [0.1, 0.15) is 5.56 Å². The van der Waals surface area contributed by atoms with Crippen LogP contribution in [0, 0.1) is 11.3 Å². The minimum Gasteiger partial charge on any atom is -0.456 e. The third-order valence-corrected chi connectivity index (χ3v) is 8.95. The van der Waals surface area contributed by atoms with Crippen LogP contribution >= 0.6 is 0 Å². The average molecular weight is 627 g/mol. The summed E-state index contributed by atoms with van der Waals surface area (Å²) < 4.78 is 6.47. The predicted octanol–water partition coefficient (Wildman–Crippen LogP) is 11.1. The lowest BCUT2D eigenvalue weighted by Gasteiger charge is -2.09. The van der Waals surface area contributed by atoms with Crippen LogP contribution in [0.15, 0.2) is 162 Å². The molecule has 0 saturated heterocycles. The number of rotatable bonds is 5. The molecule has 49 heavy (non-hydrogen) atoms. The first kappa shape index (κ1) is 28.3. The van der Waals surface area contributed by atoms with Crippen molar-refractivity contribution >= 4 is 32.7 Å². The highest BCUT2D eigenvalue weighted by Crippen LogP contribution is 2.39. The van der Waals surface area contributed by atoms with E-state index in [1.54, 1.807) is 0 Å². The lowest BCUT2D eigenvalue weighted by Crippen LogP contribution is -2.00. The Morgan fingerprint density at radius 3 is 1.86 bits per heavy atom. The van der Waals surface area contributed by atoms with Crippen molar-refractivity contribution in [3.63, 3.8) is 0 Å². The molecule has 2 aromatic heterocycles. The summed E-state index contributed by atoms with van der Waals surface area (Å²) in [7, 11) is 0. The molecule has 0 saturated carbocycles. The highest BCUT2D eigenvalue weighted by atomic mass is 16.3. The lowest BCUT2D eigenvalue weighted by atomic mass is 9.97. The molecule has 5 heteroatoms. The van der Waals surface area contributed by atoms with E-state index in [0.717, 1.165) is 60.9 Å². The van der Waals surface area contributed by atoms with Gasteiger partial charge in [-0.2, -0.15) is 5.26 Å². The zero-order valence-electron chi connectivity index (χ0n) is 26.2. The van der Waals surface area contributed by atoms with Crippen molar-refractivity contribution in [1.82, 2.24) is 15.0 Å². The van der Waals surface area contributed by atoms with Crippen LogP contribution in [0.3, 0.4) is 0 Å². The second kappa shape index (κ2) is 11.7. The Kier molecular flexibility index (Phi) is 6.78. The van der Waals surface area contributed by atoms with Gasteiger partial charge in [-0.3, -0.25) is 0 Å².